The van der Waals surface area contributed by atoms with E-state index in [2.05, 4.69) is 46.1 Å². The van der Waals surface area contributed by atoms with Crippen molar-refractivity contribution in [1.82, 2.24) is 20.0 Å². The first-order valence-electron chi connectivity index (χ1n) is 8.30. The van der Waals surface area contributed by atoms with Crippen molar-refractivity contribution in [3.63, 3.8) is 0 Å². The molecule has 0 unspecified atom stereocenters. The summed E-state index contributed by atoms with van der Waals surface area (Å²) >= 11 is 0. The van der Waals surface area contributed by atoms with Gasteiger partial charge < -0.3 is 10.2 Å². The van der Waals surface area contributed by atoms with Gasteiger partial charge >= 0.3 is 0 Å². The predicted molar refractivity (Wildman–Crippen MR) is 83.8 cm³/mol. The Morgan fingerprint density at radius 1 is 1.20 bits per heavy atom. The largest absolute Gasteiger partial charge is 0.310 e. The molecule has 1 aliphatic rings. The van der Waals surface area contributed by atoms with Crippen LogP contribution in [0.5, 0.6) is 0 Å². The maximum absolute atomic E-state index is 4.68. The summed E-state index contributed by atoms with van der Waals surface area (Å²) in [5.74, 6) is 0. The lowest BCUT2D eigenvalue weighted by molar-refractivity contribution is 0.229. The Bertz CT molecular complexity index is 364. The molecule has 2 rings (SSSR count). The van der Waals surface area contributed by atoms with Crippen molar-refractivity contribution in [2.45, 2.75) is 58.5 Å². The Kier molecular flexibility index (Phi) is 6.54. The first-order valence-corrected chi connectivity index (χ1v) is 8.30. The van der Waals surface area contributed by atoms with Crippen LogP contribution >= 0.6 is 0 Å². The molecule has 2 heterocycles. The molecule has 4 nitrogen and oxygen atoms in total. The van der Waals surface area contributed by atoms with E-state index in [0.717, 1.165) is 31.6 Å². The molecule has 1 aromatic heterocycles. The number of nitrogens with one attached hydrogen (secondary N) is 1. The van der Waals surface area contributed by atoms with Crippen molar-refractivity contribution in [2.75, 3.05) is 26.2 Å². The summed E-state index contributed by atoms with van der Waals surface area (Å²) in [5, 5.41) is 8.20. The Morgan fingerprint density at radius 3 is 2.65 bits per heavy atom. The molecule has 114 valence electrons. The van der Waals surface area contributed by atoms with Crippen molar-refractivity contribution >= 4 is 0 Å². The lowest BCUT2D eigenvalue weighted by atomic mass is 10.1. The molecule has 1 saturated heterocycles. The zero-order valence-corrected chi connectivity index (χ0v) is 13.1. The maximum atomic E-state index is 4.68. The van der Waals surface area contributed by atoms with Gasteiger partial charge in [0.1, 0.15) is 0 Å². The smallest absolute Gasteiger partial charge is 0.0762 e. The van der Waals surface area contributed by atoms with Gasteiger partial charge in [-0.05, 0) is 44.8 Å². The number of likely N-dealkylation sites (tertiary alicyclic amines) is 1. The van der Waals surface area contributed by atoms with E-state index in [-0.39, 0.29) is 0 Å². The summed E-state index contributed by atoms with van der Waals surface area (Å²) < 4.78 is 2.13. The van der Waals surface area contributed by atoms with Crippen LogP contribution in [0.25, 0.3) is 0 Å². The molecule has 0 amide bonds. The Morgan fingerprint density at radius 2 is 1.95 bits per heavy atom. The zero-order valence-electron chi connectivity index (χ0n) is 13.1. The molecule has 0 aromatic carbocycles. The third kappa shape index (κ3) is 4.60. The zero-order chi connectivity index (χ0) is 14.2. The van der Waals surface area contributed by atoms with Gasteiger partial charge in [0.15, 0.2) is 0 Å². The summed E-state index contributed by atoms with van der Waals surface area (Å²) in [7, 11) is 0. The fourth-order valence-corrected chi connectivity index (χ4v) is 2.97. The third-order valence-corrected chi connectivity index (χ3v) is 4.34. The van der Waals surface area contributed by atoms with Gasteiger partial charge in [-0.1, -0.05) is 20.3 Å². The van der Waals surface area contributed by atoms with Crippen LogP contribution in [0.2, 0.25) is 0 Å². The minimum absolute atomic E-state index is 0.553. The van der Waals surface area contributed by atoms with Gasteiger partial charge in [0.2, 0.25) is 0 Å². The van der Waals surface area contributed by atoms with Crippen molar-refractivity contribution in [1.29, 1.82) is 0 Å². The summed E-state index contributed by atoms with van der Waals surface area (Å²) in [4.78, 5) is 2.57. The van der Waals surface area contributed by atoms with E-state index in [1.54, 1.807) is 0 Å². The van der Waals surface area contributed by atoms with Crippen LogP contribution in [-0.4, -0.2) is 40.9 Å². The van der Waals surface area contributed by atoms with Crippen molar-refractivity contribution in [2.24, 2.45) is 0 Å². The number of rotatable bonds is 8. The third-order valence-electron chi connectivity index (χ3n) is 4.34. The number of nitrogens with zero attached hydrogens (tertiary/aromatic N) is 3. The van der Waals surface area contributed by atoms with Crippen molar-refractivity contribution in [3.8, 4) is 0 Å². The standard InChI is InChI=1S/C16H30N4/c1-3-16(4-2)20-12-8-15(18-20)14-17-9-13-19-10-6-5-7-11-19/h8,12,16-17H,3-7,9-11,13-14H2,1-2H3. The quantitative estimate of drug-likeness (QED) is 0.742. The average molecular weight is 278 g/mol. The molecule has 0 spiro atoms. The molecular formula is C16H30N4. The van der Waals surface area contributed by atoms with Gasteiger partial charge in [-0.25, -0.2) is 0 Å². The molecule has 0 bridgehead atoms. The molecule has 4 heteroatoms. The number of piperidine rings is 1. The lowest BCUT2D eigenvalue weighted by Crippen LogP contribution is -2.35. The van der Waals surface area contributed by atoms with Crippen LogP contribution in [0.15, 0.2) is 12.3 Å². The second-order valence-corrected chi connectivity index (χ2v) is 5.84. The molecule has 1 aliphatic heterocycles. The Labute approximate surface area is 123 Å². The molecule has 0 radical (unpaired) electrons. The van der Waals surface area contributed by atoms with Gasteiger partial charge in [0, 0.05) is 25.8 Å². The SMILES string of the molecule is CCC(CC)n1ccc(CNCCN2CCCCC2)n1. The maximum Gasteiger partial charge on any atom is 0.0762 e. The Hall–Kier alpha value is -0.870. The van der Waals surface area contributed by atoms with Crippen molar-refractivity contribution in [3.05, 3.63) is 18.0 Å². The molecule has 1 aromatic rings. The van der Waals surface area contributed by atoms with Crippen LogP contribution in [0.1, 0.15) is 57.7 Å². The average Bonchev–Trinajstić information content (AvgIpc) is 2.95. The highest BCUT2D eigenvalue weighted by Crippen LogP contribution is 2.14. The number of hydrogen-bond acceptors (Lipinski definition) is 3. The highest BCUT2D eigenvalue weighted by Gasteiger charge is 2.10. The van der Waals surface area contributed by atoms with E-state index < -0.39 is 0 Å². The first-order chi connectivity index (χ1) is 9.83. The highest BCUT2D eigenvalue weighted by molar-refractivity contribution is 4.99. The second-order valence-electron chi connectivity index (χ2n) is 5.84. The highest BCUT2D eigenvalue weighted by atomic mass is 15.3. The molecule has 1 fully saturated rings. The molecular weight excluding hydrogens is 248 g/mol. The van der Waals surface area contributed by atoms with Crippen molar-refractivity contribution < 1.29 is 0 Å². The van der Waals surface area contributed by atoms with Gasteiger partial charge in [0.25, 0.3) is 0 Å². The van der Waals surface area contributed by atoms with Crippen LogP contribution in [-0.2, 0) is 6.54 Å². The van der Waals surface area contributed by atoms with E-state index in [0.29, 0.717) is 6.04 Å². The van der Waals surface area contributed by atoms with Gasteiger partial charge in [-0.2, -0.15) is 5.10 Å². The lowest BCUT2D eigenvalue weighted by Gasteiger charge is -2.26. The predicted octanol–water partition coefficient (Wildman–Crippen LogP) is 2.82. The van der Waals surface area contributed by atoms with Crippen LogP contribution in [0.3, 0.4) is 0 Å². The van der Waals surface area contributed by atoms with E-state index in [4.69, 9.17) is 0 Å². The number of hydrogen-bond donors (Lipinski definition) is 1. The minimum atomic E-state index is 0.553. The normalized spacial score (nSPS) is 16.9. The molecule has 1 N–H and O–H groups in total. The monoisotopic (exact) mass is 278 g/mol. The van der Waals surface area contributed by atoms with E-state index in [1.807, 2.05) is 0 Å². The first kappa shape index (κ1) is 15.5. The van der Waals surface area contributed by atoms with E-state index in [1.165, 1.54) is 38.9 Å². The molecule has 0 saturated carbocycles. The second kappa shape index (κ2) is 8.42. The fraction of sp³-hybridized carbons (Fsp3) is 0.812. The number of aromatic nitrogens is 2. The molecule has 0 aliphatic carbocycles. The summed E-state index contributed by atoms with van der Waals surface area (Å²) in [6.45, 7) is 10.2. The van der Waals surface area contributed by atoms with Gasteiger partial charge in [-0.15, -0.1) is 0 Å². The summed E-state index contributed by atoms with van der Waals surface area (Å²) in [6, 6.07) is 2.70. The topological polar surface area (TPSA) is 33.1 Å². The Balaban J connectivity index is 1.66. The van der Waals surface area contributed by atoms with Crippen LogP contribution in [0, 0.1) is 0 Å². The minimum Gasteiger partial charge on any atom is -0.310 e. The molecule has 20 heavy (non-hydrogen) atoms. The van der Waals surface area contributed by atoms with Gasteiger partial charge in [-0.3, -0.25) is 4.68 Å². The van der Waals surface area contributed by atoms with E-state index >= 15 is 0 Å². The fourth-order valence-electron chi connectivity index (χ4n) is 2.97. The van der Waals surface area contributed by atoms with Gasteiger partial charge in [0.05, 0.1) is 11.7 Å². The van der Waals surface area contributed by atoms with Crippen LogP contribution < -0.4 is 5.32 Å². The summed E-state index contributed by atoms with van der Waals surface area (Å²) in [5.41, 5.74) is 1.16. The van der Waals surface area contributed by atoms with Crippen LogP contribution in [0.4, 0.5) is 0 Å². The van der Waals surface area contributed by atoms with E-state index in [9.17, 15) is 0 Å². The molecule has 0 atom stereocenters. The summed E-state index contributed by atoms with van der Waals surface area (Å²) in [6.07, 6.45) is 8.59.